The van der Waals surface area contributed by atoms with Crippen molar-refractivity contribution in [2.45, 2.75) is 39.3 Å². The number of alkyl carbamates (subject to hydrolysis) is 1. The fourth-order valence-electron chi connectivity index (χ4n) is 1.06. The van der Waals surface area contributed by atoms with E-state index in [4.69, 9.17) is 4.74 Å². The Kier molecular flexibility index (Phi) is 7.35. The van der Waals surface area contributed by atoms with Crippen LogP contribution >= 0.6 is 0 Å². The van der Waals surface area contributed by atoms with Crippen molar-refractivity contribution in [3.63, 3.8) is 0 Å². The molecule has 7 heteroatoms. The number of carbonyl (C=O) groups is 3. The van der Waals surface area contributed by atoms with Crippen LogP contribution in [0.15, 0.2) is 12.3 Å². The molecule has 0 aliphatic carbocycles. The lowest BCUT2D eigenvalue weighted by atomic mass is 10.2. The highest BCUT2D eigenvalue weighted by Gasteiger charge is 2.19. The molecule has 114 valence electrons. The van der Waals surface area contributed by atoms with Gasteiger partial charge in [0.05, 0.1) is 13.2 Å². The number of ether oxygens (including phenoxy) is 2. The van der Waals surface area contributed by atoms with E-state index >= 15 is 0 Å². The Labute approximate surface area is 118 Å². The van der Waals surface area contributed by atoms with E-state index < -0.39 is 23.7 Å². The van der Waals surface area contributed by atoms with Crippen LogP contribution in [0.4, 0.5) is 4.79 Å². The van der Waals surface area contributed by atoms with E-state index in [1.54, 1.807) is 20.8 Å². The molecule has 0 aromatic heterocycles. The fourth-order valence-corrected chi connectivity index (χ4v) is 1.06. The molecule has 0 rings (SSSR count). The summed E-state index contributed by atoms with van der Waals surface area (Å²) in [5.74, 6) is -0.768. The minimum absolute atomic E-state index is 0.0336. The number of nitrogens with one attached hydrogen (secondary N) is 2. The lowest BCUT2D eigenvalue weighted by Gasteiger charge is -2.21. The highest BCUT2D eigenvalue weighted by Crippen LogP contribution is 2.06. The predicted octanol–water partition coefficient (Wildman–Crippen LogP) is 0.745. The molecule has 0 aromatic rings. The smallest absolute Gasteiger partial charge is 0.408 e. The number of hydrogen-bond acceptors (Lipinski definition) is 6. The number of esters is 1. The van der Waals surface area contributed by atoms with Gasteiger partial charge in [-0.25, -0.2) is 4.79 Å². The molecule has 0 bridgehead atoms. The Hall–Kier alpha value is -2.05. The third-order valence-electron chi connectivity index (χ3n) is 2.00. The molecule has 0 radical (unpaired) electrons. The van der Waals surface area contributed by atoms with Crippen LogP contribution in [0.3, 0.4) is 0 Å². The van der Waals surface area contributed by atoms with Crippen molar-refractivity contribution in [2.75, 3.05) is 13.7 Å². The van der Waals surface area contributed by atoms with Crippen molar-refractivity contribution >= 4 is 17.8 Å². The molecule has 0 aliphatic heterocycles. The van der Waals surface area contributed by atoms with Gasteiger partial charge in [0.15, 0.2) is 5.78 Å². The van der Waals surface area contributed by atoms with Crippen LogP contribution in [0.25, 0.3) is 0 Å². The average Bonchev–Trinajstić information content (AvgIpc) is 2.31. The van der Waals surface area contributed by atoms with Crippen LogP contribution < -0.4 is 10.6 Å². The van der Waals surface area contributed by atoms with Gasteiger partial charge in [-0.05, 0) is 33.8 Å². The summed E-state index contributed by atoms with van der Waals surface area (Å²) in [6.45, 7) is 6.70. The van der Waals surface area contributed by atoms with Gasteiger partial charge in [-0.2, -0.15) is 0 Å². The Morgan fingerprint density at radius 3 is 2.35 bits per heavy atom. The first-order valence-corrected chi connectivity index (χ1v) is 6.16. The molecule has 0 aromatic carbocycles. The van der Waals surface area contributed by atoms with Gasteiger partial charge in [-0.1, -0.05) is 0 Å². The SMILES string of the molecule is COC(=O)CN/C=C\C(=O)[C@H](C)NC(=O)OC(C)(C)C. The monoisotopic (exact) mass is 286 g/mol. The molecule has 7 nitrogen and oxygen atoms in total. The molecule has 0 saturated carbocycles. The van der Waals surface area contributed by atoms with Crippen LogP contribution in [0.5, 0.6) is 0 Å². The minimum Gasteiger partial charge on any atom is -0.468 e. The second-order valence-corrected chi connectivity index (χ2v) is 5.06. The number of hydrogen-bond donors (Lipinski definition) is 2. The van der Waals surface area contributed by atoms with E-state index in [1.807, 2.05) is 0 Å². The molecular weight excluding hydrogens is 264 g/mol. The fraction of sp³-hybridized carbons (Fsp3) is 0.615. The summed E-state index contributed by atoms with van der Waals surface area (Å²) in [6, 6.07) is -0.721. The van der Waals surface area contributed by atoms with Gasteiger partial charge in [0.1, 0.15) is 12.1 Å². The van der Waals surface area contributed by atoms with Gasteiger partial charge in [-0.15, -0.1) is 0 Å². The highest BCUT2D eigenvalue weighted by atomic mass is 16.6. The van der Waals surface area contributed by atoms with Gasteiger partial charge >= 0.3 is 12.1 Å². The van der Waals surface area contributed by atoms with Crippen LogP contribution in [0.2, 0.25) is 0 Å². The van der Waals surface area contributed by atoms with E-state index in [-0.39, 0.29) is 12.3 Å². The Morgan fingerprint density at radius 1 is 1.25 bits per heavy atom. The number of rotatable bonds is 6. The molecular formula is C13H22N2O5. The third-order valence-corrected chi connectivity index (χ3v) is 2.00. The van der Waals surface area contributed by atoms with Gasteiger partial charge in [-0.3, -0.25) is 9.59 Å². The number of methoxy groups -OCH3 is 1. The molecule has 20 heavy (non-hydrogen) atoms. The van der Waals surface area contributed by atoms with Gasteiger partial charge < -0.3 is 20.1 Å². The summed E-state index contributed by atoms with van der Waals surface area (Å²) in [4.78, 5) is 33.9. The first kappa shape index (κ1) is 17.9. The van der Waals surface area contributed by atoms with Crippen LogP contribution in [0.1, 0.15) is 27.7 Å². The van der Waals surface area contributed by atoms with Crippen LogP contribution in [0, 0.1) is 0 Å². The van der Waals surface area contributed by atoms with Crippen LogP contribution in [-0.4, -0.2) is 43.1 Å². The van der Waals surface area contributed by atoms with Crippen molar-refractivity contribution in [1.29, 1.82) is 0 Å². The molecule has 0 spiro atoms. The van der Waals surface area contributed by atoms with E-state index in [2.05, 4.69) is 15.4 Å². The van der Waals surface area contributed by atoms with E-state index in [0.29, 0.717) is 0 Å². The second kappa shape index (κ2) is 8.19. The highest BCUT2D eigenvalue weighted by molar-refractivity contribution is 5.95. The normalized spacial score (nSPS) is 12.7. The van der Waals surface area contributed by atoms with Crippen molar-refractivity contribution < 1.29 is 23.9 Å². The lowest BCUT2D eigenvalue weighted by Crippen LogP contribution is -2.41. The molecule has 0 heterocycles. The second-order valence-electron chi connectivity index (χ2n) is 5.06. The molecule has 1 atom stereocenters. The number of ketones is 1. The first-order valence-electron chi connectivity index (χ1n) is 6.16. The predicted molar refractivity (Wildman–Crippen MR) is 73.0 cm³/mol. The minimum atomic E-state index is -0.721. The Bertz CT molecular complexity index is 385. The topological polar surface area (TPSA) is 93.7 Å². The number of carbonyl (C=O) groups excluding carboxylic acids is 3. The maximum atomic E-state index is 11.6. The summed E-state index contributed by atoms with van der Waals surface area (Å²) in [5, 5.41) is 5.01. The van der Waals surface area contributed by atoms with Crippen molar-refractivity contribution in [2.24, 2.45) is 0 Å². The standard InChI is InChI=1S/C13H22N2O5/c1-9(15-12(18)20-13(2,3)4)10(16)6-7-14-8-11(17)19-5/h6-7,9,14H,8H2,1-5H3,(H,15,18)/b7-6-/t9-/m0/s1. The zero-order valence-corrected chi connectivity index (χ0v) is 12.5. The van der Waals surface area contributed by atoms with Crippen molar-refractivity contribution in [1.82, 2.24) is 10.6 Å². The zero-order valence-electron chi connectivity index (χ0n) is 12.5. The Balaban J connectivity index is 4.12. The quantitative estimate of drug-likeness (QED) is 0.552. The molecule has 2 N–H and O–H groups in total. The van der Waals surface area contributed by atoms with Gasteiger partial charge in [0, 0.05) is 6.20 Å². The Morgan fingerprint density at radius 2 is 1.85 bits per heavy atom. The third kappa shape index (κ3) is 8.96. The summed E-state index contributed by atoms with van der Waals surface area (Å²) in [6.07, 6.45) is 1.89. The first-order chi connectivity index (χ1) is 9.15. The summed E-state index contributed by atoms with van der Waals surface area (Å²) in [5.41, 5.74) is -0.620. The summed E-state index contributed by atoms with van der Waals surface area (Å²) < 4.78 is 9.44. The van der Waals surface area contributed by atoms with E-state index in [9.17, 15) is 14.4 Å². The van der Waals surface area contributed by atoms with Crippen LogP contribution in [-0.2, 0) is 19.1 Å². The van der Waals surface area contributed by atoms with Crippen molar-refractivity contribution in [3.05, 3.63) is 12.3 Å². The van der Waals surface area contributed by atoms with E-state index in [0.717, 1.165) is 0 Å². The van der Waals surface area contributed by atoms with Gasteiger partial charge in [0.2, 0.25) is 0 Å². The maximum absolute atomic E-state index is 11.6. The molecule has 0 saturated heterocycles. The average molecular weight is 286 g/mol. The van der Waals surface area contributed by atoms with Crippen molar-refractivity contribution in [3.8, 4) is 0 Å². The maximum Gasteiger partial charge on any atom is 0.408 e. The van der Waals surface area contributed by atoms with Gasteiger partial charge in [0.25, 0.3) is 0 Å². The van der Waals surface area contributed by atoms with E-state index in [1.165, 1.54) is 26.3 Å². The molecule has 1 amide bonds. The molecule has 0 fully saturated rings. The summed E-state index contributed by atoms with van der Waals surface area (Å²) in [7, 11) is 1.27. The number of amides is 1. The molecule has 0 aliphatic rings. The molecule has 0 unspecified atom stereocenters. The largest absolute Gasteiger partial charge is 0.468 e. The zero-order chi connectivity index (χ0) is 15.8. The lowest BCUT2D eigenvalue weighted by molar-refractivity contribution is -0.139. The summed E-state index contributed by atoms with van der Waals surface area (Å²) >= 11 is 0.